The van der Waals surface area contributed by atoms with Crippen LogP contribution in [-0.2, 0) is 16.0 Å². The summed E-state index contributed by atoms with van der Waals surface area (Å²) in [5.74, 6) is -0.515. The minimum Gasteiger partial charge on any atom is -0.353 e. The van der Waals surface area contributed by atoms with E-state index in [-0.39, 0.29) is 24.9 Å². The molecule has 106 valence electrons. The van der Waals surface area contributed by atoms with Crippen LogP contribution >= 0.6 is 0 Å². The predicted molar refractivity (Wildman–Crippen MR) is 78.8 cm³/mol. The predicted octanol–water partition coefficient (Wildman–Crippen LogP) is 1.14. The van der Waals surface area contributed by atoms with Gasteiger partial charge in [-0.15, -0.1) is 0 Å². The average molecular weight is 281 g/mol. The van der Waals surface area contributed by atoms with Crippen LogP contribution in [0.25, 0.3) is 0 Å². The molecule has 0 saturated carbocycles. The number of carbonyl (C=O) groups is 2. The molecule has 2 heterocycles. The number of amides is 2. The van der Waals surface area contributed by atoms with Gasteiger partial charge in [0.2, 0.25) is 11.8 Å². The third kappa shape index (κ3) is 3.25. The molecule has 1 aliphatic rings. The lowest BCUT2D eigenvalue weighted by atomic mass is 10.1. The molecule has 2 amide bonds. The first-order valence-electron chi connectivity index (χ1n) is 6.76. The number of carbonyl (C=O) groups excluding carboxylic acids is 2. The first kappa shape index (κ1) is 13.3. The molecule has 5 nitrogen and oxygen atoms in total. The Morgan fingerprint density at radius 2 is 1.48 bits per heavy atom. The summed E-state index contributed by atoms with van der Waals surface area (Å²) >= 11 is 0. The van der Waals surface area contributed by atoms with Crippen LogP contribution in [0.2, 0.25) is 0 Å². The van der Waals surface area contributed by atoms with Crippen molar-refractivity contribution in [2.75, 3.05) is 18.0 Å². The van der Waals surface area contributed by atoms with Crippen molar-refractivity contribution in [1.29, 1.82) is 0 Å². The Morgan fingerprint density at radius 3 is 2.10 bits per heavy atom. The number of aromatic nitrogens is 1. The van der Waals surface area contributed by atoms with Gasteiger partial charge < -0.3 is 4.90 Å². The molecule has 1 N–H and O–H groups in total. The quantitative estimate of drug-likeness (QED) is 0.857. The van der Waals surface area contributed by atoms with Gasteiger partial charge in [0, 0.05) is 18.1 Å². The highest BCUT2D eigenvalue weighted by molar-refractivity contribution is 6.02. The Balaban J connectivity index is 1.72. The second-order valence-electron chi connectivity index (χ2n) is 5.03. The molecule has 1 fully saturated rings. The SMILES string of the molecule is O=C1CN(c2ccc(Cc3ccncc3)cc2)CC(=O)N1. The van der Waals surface area contributed by atoms with Crippen LogP contribution in [0.4, 0.5) is 5.69 Å². The number of hydrogen-bond acceptors (Lipinski definition) is 4. The van der Waals surface area contributed by atoms with Gasteiger partial charge in [-0.1, -0.05) is 12.1 Å². The van der Waals surface area contributed by atoms with Gasteiger partial charge in [0.1, 0.15) is 0 Å². The zero-order valence-electron chi connectivity index (χ0n) is 11.5. The fourth-order valence-electron chi connectivity index (χ4n) is 2.38. The lowest BCUT2D eigenvalue weighted by Crippen LogP contribution is -2.51. The van der Waals surface area contributed by atoms with Crippen molar-refractivity contribution in [3.05, 3.63) is 59.9 Å². The Hall–Kier alpha value is -2.69. The van der Waals surface area contributed by atoms with Gasteiger partial charge in [-0.25, -0.2) is 0 Å². The van der Waals surface area contributed by atoms with E-state index in [1.807, 2.05) is 36.4 Å². The van der Waals surface area contributed by atoms with Gasteiger partial charge >= 0.3 is 0 Å². The zero-order valence-corrected chi connectivity index (χ0v) is 11.5. The molecule has 2 aromatic rings. The van der Waals surface area contributed by atoms with Crippen molar-refractivity contribution >= 4 is 17.5 Å². The zero-order chi connectivity index (χ0) is 14.7. The number of nitrogens with zero attached hydrogens (tertiary/aromatic N) is 2. The number of benzene rings is 1. The van der Waals surface area contributed by atoms with Gasteiger partial charge in [-0.2, -0.15) is 0 Å². The summed E-state index contributed by atoms with van der Waals surface area (Å²) in [7, 11) is 0. The molecule has 1 aromatic heterocycles. The second-order valence-corrected chi connectivity index (χ2v) is 5.03. The van der Waals surface area contributed by atoms with E-state index < -0.39 is 0 Å². The topological polar surface area (TPSA) is 62.3 Å². The van der Waals surface area contributed by atoms with Gasteiger partial charge in [-0.05, 0) is 41.8 Å². The summed E-state index contributed by atoms with van der Waals surface area (Å²) in [4.78, 5) is 28.5. The molecule has 1 aliphatic heterocycles. The maximum atomic E-state index is 11.4. The molecule has 1 aromatic carbocycles. The van der Waals surface area contributed by atoms with Crippen LogP contribution < -0.4 is 10.2 Å². The highest BCUT2D eigenvalue weighted by Gasteiger charge is 2.22. The summed E-state index contributed by atoms with van der Waals surface area (Å²) in [6.07, 6.45) is 4.39. The van der Waals surface area contributed by atoms with E-state index >= 15 is 0 Å². The molecule has 0 bridgehead atoms. The molecule has 3 rings (SSSR count). The Labute approximate surface area is 122 Å². The van der Waals surface area contributed by atoms with Crippen LogP contribution in [0.3, 0.4) is 0 Å². The smallest absolute Gasteiger partial charge is 0.246 e. The number of anilines is 1. The van der Waals surface area contributed by atoms with E-state index in [0.29, 0.717) is 0 Å². The number of hydrogen-bond donors (Lipinski definition) is 1. The Bertz CT molecular complexity index is 637. The van der Waals surface area contributed by atoms with Crippen LogP contribution in [0.15, 0.2) is 48.8 Å². The molecule has 0 atom stereocenters. The third-order valence-electron chi connectivity index (χ3n) is 3.41. The maximum Gasteiger partial charge on any atom is 0.246 e. The van der Waals surface area contributed by atoms with Crippen molar-refractivity contribution in [2.24, 2.45) is 0 Å². The monoisotopic (exact) mass is 281 g/mol. The van der Waals surface area contributed by atoms with Crippen molar-refractivity contribution < 1.29 is 9.59 Å². The second kappa shape index (κ2) is 5.75. The summed E-state index contributed by atoms with van der Waals surface area (Å²) in [6.45, 7) is 0.435. The van der Waals surface area contributed by atoms with Crippen LogP contribution in [0.1, 0.15) is 11.1 Å². The van der Waals surface area contributed by atoms with Gasteiger partial charge in [0.05, 0.1) is 13.1 Å². The summed E-state index contributed by atoms with van der Waals surface area (Å²) in [5.41, 5.74) is 3.26. The van der Waals surface area contributed by atoms with E-state index in [1.165, 1.54) is 11.1 Å². The fraction of sp³-hybridized carbons (Fsp3) is 0.188. The van der Waals surface area contributed by atoms with Crippen molar-refractivity contribution in [3.63, 3.8) is 0 Å². The van der Waals surface area contributed by atoms with E-state index in [1.54, 1.807) is 17.3 Å². The lowest BCUT2D eigenvalue weighted by molar-refractivity contribution is -0.130. The number of rotatable bonds is 3. The third-order valence-corrected chi connectivity index (χ3v) is 3.41. The summed E-state index contributed by atoms with van der Waals surface area (Å²) < 4.78 is 0. The van der Waals surface area contributed by atoms with Gasteiger partial charge in [0.25, 0.3) is 0 Å². The minimum atomic E-state index is -0.257. The molecule has 0 radical (unpaired) electrons. The summed E-state index contributed by atoms with van der Waals surface area (Å²) in [6, 6.07) is 11.9. The van der Waals surface area contributed by atoms with Crippen LogP contribution in [0, 0.1) is 0 Å². The molecule has 1 saturated heterocycles. The maximum absolute atomic E-state index is 11.4. The van der Waals surface area contributed by atoms with Gasteiger partial charge in [0.15, 0.2) is 0 Å². The number of piperazine rings is 1. The molecule has 0 aliphatic carbocycles. The average Bonchev–Trinajstić information content (AvgIpc) is 2.48. The van der Waals surface area contributed by atoms with Crippen molar-refractivity contribution in [2.45, 2.75) is 6.42 Å². The van der Waals surface area contributed by atoms with E-state index in [4.69, 9.17) is 0 Å². The Morgan fingerprint density at radius 1 is 0.905 bits per heavy atom. The fourth-order valence-corrected chi connectivity index (χ4v) is 2.38. The van der Waals surface area contributed by atoms with E-state index in [0.717, 1.165) is 12.1 Å². The molecular weight excluding hydrogens is 266 g/mol. The Kier molecular flexibility index (Phi) is 3.64. The summed E-state index contributed by atoms with van der Waals surface area (Å²) in [5, 5.41) is 2.30. The highest BCUT2D eigenvalue weighted by atomic mass is 16.2. The minimum absolute atomic E-state index is 0.218. The molecule has 5 heteroatoms. The van der Waals surface area contributed by atoms with Crippen molar-refractivity contribution in [3.8, 4) is 0 Å². The standard InChI is InChI=1S/C16H15N3O2/c20-15-10-19(11-16(21)18-15)14-3-1-12(2-4-14)9-13-5-7-17-8-6-13/h1-8H,9-11H2,(H,18,20,21). The first-order chi connectivity index (χ1) is 10.2. The van der Waals surface area contributed by atoms with Crippen molar-refractivity contribution in [1.82, 2.24) is 10.3 Å². The first-order valence-corrected chi connectivity index (χ1v) is 6.76. The number of pyridine rings is 1. The molecule has 0 unspecified atom stereocenters. The number of imide groups is 1. The lowest BCUT2D eigenvalue weighted by Gasteiger charge is -2.27. The van der Waals surface area contributed by atoms with Crippen LogP contribution in [0.5, 0.6) is 0 Å². The van der Waals surface area contributed by atoms with E-state index in [9.17, 15) is 9.59 Å². The highest BCUT2D eigenvalue weighted by Crippen LogP contribution is 2.18. The number of nitrogens with one attached hydrogen (secondary N) is 1. The van der Waals surface area contributed by atoms with Gasteiger partial charge in [-0.3, -0.25) is 19.9 Å². The largest absolute Gasteiger partial charge is 0.353 e. The molecule has 21 heavy (non-hydrogen) atoms. The molecule has 0 spiro atoms. The van der Waals surface area contributed by atoms with Crippen LogP contribution in [-0.4, -0.2) is 29.9 Å². The molecular formula is C16H15N3O2. The normalized spacial score (nSPS) is 15.0. The van der Waals surface area contributed by atoms with E-state index in [2.05, 4.69) is 10.3 Å².